The van der Waals surface area contributed by atoms with Gasteiger partial charge in [-0.3, -0.25) is 4.79 Å². The average molecular weight is 458 g/mol. The van der Waals surface area contributed by atoms with E-state index in [2.05, 4.69) is 4.98 Å². The Morgan fingerprint density at radius 2 is 1.77 bits per heavy atom. The summed E-state index contributed by atoms with van der Waals surface area (Å²) in [5.74, 6) is -0.746. The Morgan fingerprint density at radius 1 is 1.06 bits per heavy atom. The van der Waals surface area contributed by atoms with Crippen molar-refractivity contribution in [3.05, 3.63) is 89.0 Å². The Labute approximate surface area is 187 Å². The molecule has 158 valence electrons. The summed E-state index contributed by atoms with van der Waals surface area (Å²) in [5, 5.41) is 0.989. The topological polar surface area (TPSA) is 38.1 Å². The third-order valence-corrected chi connectivity index (χ3v) is 6.19. The molecular formula is C23H18ClF2N3OS. The summed E-state index contributed by atoms with van der Waals surface area (Å²) in [7, 11) is 1.65. The summed E-state index contributed by atoms with van der Waals surface area (Å²) in [5.41, 5.74) is 3.05. The average Bonchev–Trinajstić information content (AvgIpc) is 3.11. The Hall–Kier alpha value is -2.90. The van der Waals surface area contributed by atoms with Crippen LogP contribution in [0.5, 0.6) is 0 Å². The van der Waals surface area contributed by atoms with Crippen LogP contribution < -0.4 is 4.90 Å². The first kappa shape index (κ1) is 21.3. The second-order valence-electron chi connectivity index (χ2n) is 6.92. The highest BCUT2D eigenvalue weighted by Gasteiger charge is 2.17. The number of anilines is 1. The molecule has 0 saturated carbocycles. The number of hydrogen-bond acceptors (Lipinski definition) is 3. The maximum absolute atomic E-state index is 13.4. The van der Waals surface area contributed by atoms with E-state index in [-0.39, 0.29) is 17.5 Å². The zero-order valence-corrected chi connectivity index (χ0v) is 18.1. The van der Waals surface area contributed by atoms with E-state index in [0.717, 1.165) is 16.6 Å². The first-order valence-electron chi connectivity index (χ1n) is 9.46. The molecule has 0 atom stereocenters. The third-order valence-electron chi connectivity index (χ3n) is 4.88. The molecule has 0 N–H and O–H groups in total. The van der Waals surface area contributed by atoms with Crippen LogP contribution in [0.3, 0.4) is 0 Å². The Kier molecular flexibility index (Phi) is 6.25. The van der Waals surface area contributed by atoms with Crippen LogP contribution in [-0.4, -0.2) is 28.3 Å². The van der Waals surface area contributed by atoms with Crippen LogP contribution in [0.4, 0.5) is 14.5 Å². The molecule has 0 aliphatic rings. The fourth-order valence-electron chi connectivity index (χ4n) is 3.17. The van der Waals surface area contributed by atoms with Gasteiger partial charge in [-0.05, 0) is 54.1 Å². The zero-order valence-electron chi connectivity index (χ0n) is 16.6. The summed E-state index contributed by atoms with van der Waals surface area (Å²) < 4.78 is 28.5. The quantitative estimate of drug-likeness (QED) is 0.345. The molecule has 1 aromatic heterocycles. The van der Waals surface area contributed by atoms with E-state index in [1.54, 1.807) is 25.2 Å². The molecule has 31 heavy (non-hydrogen) atoms. The van der Waals surface area contributed by atoms with Crippen molar-refractivity contribution >= 4 is 46.0 Å². The normalized spacial score (nSPS) is 11.1. The van der Waals surface area contributed by atoms with Gasteiger partial charge in [0.1, 0.15) is 11.6 Å². The molecule has 0 aliphatic carbocycles. The van der Waals surface area contributed by atoms with Gasteiger partial charge in [-0.15, -0.1) is 0 Å². The van der Waals surface area contributed by atoms with Gasteiger partial charge in [0.15, 0.2) is 5.16 Å². The van der Waals surface area contributed by atoms with Gasteiger partial charge in [0.05, 0.1) is 23.3 Å². The van der Waals surface area contributed by atoms with Gasteiger partial charge in [-0.25, -0.2) is 13.8 Å². The molecule has 4 rings (SSSR count). The molecule has 0 spiro atoms. The number of carbonyl (C=O) groups excluding carboxylic acids is 1. The molecule has 0 unspecified atom stereocenters. The Balaban J connectivity index is 1.58. The van der Waals surface area contributed by atoms with Crippen molar-refractivity contribution in [2.75, 3.05) is 17.7 Å². The molecule has 0 aliphatic heterocycles. The van der Waals surface area contributed by atoms with Crippen LogP contribution in [0.2, 0.25) is 5.02 Å². The number of thioether (sulfide) groups is 1. The van der Waals surface area contributed by atoms with Gasteiger partial charge in [-0.2, -0.15) is 0 Å². The summed E-state index contributed by atoms with van der Waals surface area (Å²) in [6, 6.07) is 17.7. The largest absolute Gasteiger partial charge is 0.315 e. The summed E-state index contributed by atoms with van der Waals surface area (Å²) >= 11 is 7.53. The fraction of sp³-hybridized carbons (Fsp3) is 0.130. The highest BCUT2D eigenvalue weighted by Crippen LogP contribution is 2.28. The number of amides is 1. The van der Waals surface area contributed by atoms with Crippen LogP contribution in [0.1, 0.15) is 5.56 Å². The third kappa shape index (κ3) is 4.73. The number of hydrogen-bond donors (Lipinski definition) is 0. The lowest BCUT2D eigenvalue weighted by molar-refractivity contribution is -0.115. The van der Waals surface area contributed by atoms with Gasteiger partial charge < -0.3 is 9.47 Å². The minimum Gasteiger partial charge on any atom is -0.315 e. The second-order valence-corrected chi connectivity index (χ2v) is 8.27. The number of benzene rings is 3. The van der Waals surface area contributed by atoms with Gasteiger partial charge in [0.2, 0.25) is 5.91 Å². The monoisotopic (exact) mass is 457 g/mol. The number of aromatic nitrogens is 2. The maximum atomic E-state index is 13.4. The molecule has 0 saturated heterocycles. The van der Waals surface area contributed by atoms with Gasteiger partial charge in [0, 0.05) is 17.8 Å². The maximum Gasteiger partial charge on any atom is 0.237 e. The Morgan fingerprint density at radius 3 is 2.52 bits per heavy atom. The zero-order chi connectivity index (χ0) is 22.0. The van der Waals surface area contributed by atoms with E-state index in [9.17, 15) is 13.6 Å². The van der Waals surface area contributed by atoms with E-state index in [1.165, 1.54) is 40.9 Å². The van der Waals surface area contributed by atoms with E-state index >= 15 is 0 Å². The van der Waals surface area contributed by atoms with Crippen molar-refractivity contribution in [2.45, 2.75) is 11.7 Å². The van der Waals surface area contributed by atoms with E-state index < -0.39 is 5.82 Å². The lowest BCUT2D eigenvalue weighted by Gasteiger charge is -2.17. The minimum absolute atomic E-state index is 0.143. The smallest absolute Gasteiger partial charge is 0.237 e. The molecule has 4 aromatic rings. The predicted octanol–water partition coefficient (Wildman–Crippen LogP) is 5.77. The van der Waals surface area contributed by atoms with Crippen molar-refractivity contribution in [3.8, 4) is 0 Å². The second kappa shape index (κ2) is 9.08. The number of para-hydroxylation sites is 2. The first-order valence-corrected chi connectivity index (χ1v) is 10.8. The number of halogens is 3. The van der Waals surface area contributed by atoms with Crippen molar-refractivity contribution < 1.29 is 13.6 Å². The fourth-order valence-corrected chi connectivity index (χ4v) is 4.32. The summed E-state index contributed by atoms with van der Waals surface area (Å²) in [6.07, 6.45) is 0. The molecule has 8 heteroatoms. The van der Waals surface area contributed by atoms with E-state index in [4.69, 9.17) is 11.6 Å². The van der Waals surface area contributed by atoms with Crippen molar-refractivity contribution in [2.24, 2.45) is 0 Å². The van der Waals surface area contributed by atoms with Crippen LogP contribution in [0.15, 0.2) is 71.9 Å². The van der Waals surface area contributed by atoms with Gasteiger partial charge >= 0.3 is 0 Å². The number of imidazole rings is 1. The number of fused-ring (bicyclic) bond motifs is 1. The van der Waals surface area contributed by atoms with Crippen molar-refractivity contribution in [3.63, 3.8) is 0 Å². The molecule has 3 aromatic carbocycles. The molecule has 4 nitrogen and oxygen atoms in total. The van der Waals surface area contributed by atoms with Crippen LogP contribution >= 0.6 is 23.4 Å². The Bertz CT molecular complexity index is 1240. The standard InChI is InChI=1S/C23H18ClF2N3OS/c1-28(18-10-8-16(25)9-11-18)22(30)14-31-23-27-20-4-2-3-5-21(20)29(23)13-15-6-7-17(26)12-19(15)24/h2-12H,13-14H2,1H3. The molecule has 1 heterocycles. The lowest BCUT2D eigenvalue weighted by Crippen LogP contribution is -2.28. The number of nitrogens with zero attached hydrogens (tertiary/aromatic N) is 3. The highest BCUT2D eigenvalue weighted by atomic mass is 35.5. The molecule has 0 fully saturated rings. The summed E-state index contributed by atoms with van der Waals surface area (Å²) in [4.78, 5) is 18.8. The van der Waals surface area contributed by atoms with Gasteiger partial charge in [-0.1, -0.05) is 41.6 Å². The van der Waals surface area contributed by atoms with Crippen LogP contribution in [0, 0.1) is 11.6 Å². The van der Waals surface area contributed by atoms with Crippen molar-refractivity contribution in [1.82, 2.24) is 9.55 Å². The van der Waals surface area contributed by atoms with Crippen molar-refractivity contribution in [1.29, 1.82) is 0 Å². The molecule has 0 bridgehead atoms. The van der Waals surface area contributed by atoms with E-state index in [0.29, 0.717) is 22.4 Å². The summed E-state index contributed by atoms with van der Waals surface area (Å²) in [6.45, 7) is 0.393. The molecular weight excluding hydrogens is 440 g/mol. The van der Waals surface area contributed by atoms with E-state index in [1.807, 2.05) is 28.8 Å². The highest BCUT2D eigenvalue weighted by molar-refractivity contribution is 7.99. The first-order chi connectivity index (χ1) is 14.9. The molecule has 0 radical (unpaired) electrons. The minimum atomic E-state index is -0.395. The van der Waals surface area contributed by atoms with Gasteiger partial charge in [0.25, 0.3) is 0 Å². The van der Waals surface area contributed by atoms with Crippen LogP contribution in [0.25, 0.3) is 11.0 Å². The molecule has 1 amide bonds. The predicted molar refractivity (Wildman–Crippen MR) is 121 cm³/mol. The SMILES string of the molecule is CN(C(=O)CSc1nc2ccccc2n1Cc1ccc(F)cc1Cl)c1ccc(F)cc1. The number of rotatable bonds is 6. The van der Waals surface area contributed by atoms with Crippen LogP contribution in [-0.2, 0) is 11.3 Å². The number of carbonyl (C=O) groups is 1. The lowest BCUT2D eigenvalue weighted by atomic mass is 10.2.